The summed E-state index contributed by atoms with van der Waals surface area (Å²) in [6.07, 6.45) is 0.920. The molecule has 2 N–H and O–H groups in total. The molecule has 0 amide bonds. The van der Waals surface area contributed by atoms with Gasteiger partial charge in [-0.3, -0.25) is 5.10 Å². The molecule has 1 rings (SSSR count). The molecule has 0 radical (unpaired) electrons. The van der Waals surface area contributed by atoms with E-state index in [1.807, 2.05) is 20.8 Å². The third-order valence-corrected chi connectivity index (χ3v) is 5.42. The Morgan fingerprint density at radius 3 is 2.53 bits per heavy atom. The monoisotopic (exact) mass is 289 g/mol. The molecule has 0 saturated carbocycles. The Kier molecular flexibility index (Phi) is 5.51. The van der Waals surface area contributed by atoms with Crippen LogP contribution in [0.4, 0.5) is 0 Å². The Labute approximate surface area is 114 Å². The lowest BCUT2D eigenvalue weighted by Gasteiger charge is -2.23. The van der Waals surface area contributed by atoms with Crippen LogP contribution in [-0.2, 0) is 16.6 Å². The van der Waals surface area contributed by atoms with E-state index >= 15 is 0 Å². The number of hydrogen-bond donors (Lipinski definition) is 2. The maximum absolute atomic E-state index is 12.6. The highest BCUT2D eigenvalue weighted by atomic mass is 32.2. The summed E-state index contributed by atoms with van der Waals surface area (Å²) in [6.45, 7) is 8.01. The van der Waals surface area contributed by atoms with E-state index in [0.29, 0.717) is 24.7 Å². The summed E-state index contributed by atoms with van der Waals surface area (Å²) in [5, 5.41) is 15.7. The smallest absolute Gasteiger partial charge is 0.246 e. The van der Waals surface area contributed by atoms with Crippen molar-refractivity contribution in [2.75, 3.05) is 13.1 Å². The van der Waals surface area contributed by atoms with Gasteiger partial charge in [0.05, 0.1) is 12.3 Å². The molecule has 0 bridgehead atoms. The number of nitrogens with one attached hydrogen (secondary N) is 1. The van der Waals surface area contributed by atoms with Crippen molar-refractivity contribution in [3.63, 3.8) is 0 Å². The molecule has 110 valence electrons. The van der Waals surface area contributed by atoms with Crippen LogP contribution in [0.1, 0.15) is 38.6 Å². The van der Waals surface area contributed by atoms with Gasteiger partial charge >= 0.3 is 0 Å². The van der Waals surface area contributed by atoms with E-state index in [-0.39, 0.29) is 17.2 Å². The number of aryl methyl sites for hydroxylation is 1. The van der Waals surface area contributed by atoms with Gasteiger partial charge in [-0.15, -0.1) is 0 Å². The standard InChI is InChI=1S/C12H23N3O3S/c1-5-9(3)7-15(6-2)19(17,18)12-10(4)13-14-11(12)8-16/h9,16H,5-8H2,1-4H3,(H,13,14). The molecule has 0 saturated heterocycles. The minimum Gasteiger partial charge on any atom is -0.390 e. The average molecular weight is 289 g/mol. The molecular formula is C12H23N3O3S. The van der Waals surface area contributed by atoms with Gasteiger partial charge in [-0.05, 0) is 12.8 Å². The lowest BCUT2D eigenvalue weighted by Crippen LogP contribution is -2.35. The zero-order valence-electron chi connectivity index (χ0n) is 12.0. The molecule has 6 nitrogen and oxygen atoms in total. The maximum atomic E-state index is 12.6. The van der Waals surface area contributed by atoms with Gasteiger partial charge in [-0.25, -0.2) is 8.42 Å². The number of aliphatic hydroxyl groups excluding tert-OH is 1. The van der Waals surface area contributed by atoms with Crippen molar-refractivity contribution in [1.29, 1.82) is 0 Å². The number of H-pyrrole nitrogens is 1. The highest BCUT2D eigenvalue weighted by Crippen LogP contribution is 2.23. The van der Waals surface area contributed by atoms with Crippen molar-refractivity contribution in [3.8, 4) is 0 Å². The quantitative estimate of drug-likeness (QED) is 0.791. The molecule has 0 fully saturated rings. The fourth-order valence-electron chi connectivity index (χ4n) is 1.92. The van der Waals surface area contributed by atoms with Crippen molar-refractivity contribution >= 4 is 10.0 Å². The van der Waals surface area contributed by atoms with E-state index in [9.17, 15) is 13.5 Å². The third-order valence-electron chi connectivity index (χ3n) is 3.27. The molecule has 0 aliphatic rings. The molecule has 19 heavy (non-hydrogen) atoms. The first-order valence-corrected chi connectivity index (χ1v) is 7.97. The molecule has 0 spiro atoms. The van der Waals surface area contributed by atoms with Gasteiger partial charge in [-0.2, -0.15) is 9.40 Å². The molecule has 1 atom stereocenters. The lowest BCUT2D eigenvalue weighted by atomic mass is 10.1. The third kappa shape index (κ3) is 3.34. The number of aliphatic hydroxyl groups is 1. The van der Waals surface area contributed by atoms with E-state index in [1.165, 1.54) is 4.31 Å². The van der Waals surface area contributed by atoms with Gasteiger partial charge in [0.15, 0.2) is 0 Å². The summed E-state index contributed by atoms with van der Waals surface area (Å²) >= 11 is 0. The molecule has 1 aromatic heterocycles. The van der Waals surface area contributed by atoms with Crippen LogP contribution in [-0.4, -0.2) is 41.1 Å². The van der Waals surface area contributed by atoms with Crippen molar-refractivity contribution in [2.45, 2.75) is 45.6 Å². The second kappa shape index (κ2) is 6.49. The number of nitrogens with zero attached hydrogens (tertiary/aromatic N) is 2. The zero-order chi connectivity index (χ0) is 14.6. The molecule has 0 aliphatic heterocycles. The SMILES string of the molecule is CCC(C)CN(CC)S(=O)(=O)c1c(CO)n[nH]c1C. The van der Waals surface area contributed by atoms with E-state index in [1.54, 1.807) is 6.92 Å². The lowest BCUT2D eigenvalue weighted by molar-refractivity contribution is 0.272. The van der Waals surface area contributed by atoms with Gasteiger partial charge < -0.3 is 5.11 Å². The van der Waals surface area contributed by atoms with Gasteiger partial charge in [0, 0.05) is 13.1 Å². The van der Waals surface area contributed by atoms with Gasteiger partial charge in [-0.1, -0.05) is 27.2 Å². The van der Waals surface area contributed by atoms with Crippen molar-refractivity contribution in [1.82, 2.24) is 14.5 Å². The van der Waals surface area contributed by atoms with Crippen LogP contribution >= 0.6 is 0 Å². The van der Waals surface area contributed by atoms with Crippen LogP contribution in [0.5, 0.6) is 0 Å². The fourth-order valence-corrected chi connectivity index (χ4v) is 3.81. The Hall–Kier alpha value is -0.920. The Morgan fingerprint density at radius 1 is 1.42 bits per heavy atom. The summed E-state index contributed by atoms with van der Waals surface area (Å²) in [4.78, 5) is 0.111. The van der Waals surface area contributed by atoms with Crippen LogP contribution in [0.3, 0.4) is 0 Å². The summed E-state index contributed by atoms with van der Waals surface area (Å²) < 4.78 is 26.7. The van der Waals surface area contributed by atoms with Crippen molar-refractivity contribution in [3.05, 3.63) is 11.4 Å². The van der Waals surface area contributed by atoms with Gasteiger partial charge in [0.2, 0.25) is 10.0 Å². The predicted molar refractivity (Wildman–Crippen MR) is 73.1 cm³/mol. The van der Waals surface area contributed by atoms with Crippen LogP contribution in [0.15, 0.2) is 4.90 Å². The van der Waals surface area contributed by atoms with Crippen LogP contribution in [0.25, 0.3) is 0 Å². The number of sulfonamides is 1. The normalized spacial score (nSPS) is 14.0. The minimum atomic E-state index is -3.61. The number of rotatable bonds is 7. The molecule has 0 aromatic carbocycles. The highest BCUT2D eigenvalue weighted by Gasteiger charge is 2.30. The van der Waals surface area contributed by atoms with Gasteiger partial charge in [0.1, 0.15) is 10.6 Å². The average Bonchev–Trinajstić information content (AvgIpc) is 2.76. The highest BCUT2D eigenvalue weighted by molar-refractivity contribution is 7.89. The summed E-state index contributed by atoms with van der Waals surface area (Å²) in [5.41, 5.74) is 0.645. The van der Waals surface area contributed by atoms with Gasteiger partial charge in [0.25, 0.3) is 0 Å². The van der Waals surface area contributed by atoms with E-state index in [0.717, 1.165) is 6.42 Å². The second-order valence-corrected chi connectivity index (χ2v) is 6.63. The molecule has 7 heteroatoms. The van der Waals surface area contributed by atoms with E-state index in [2.05, 4.69) is 10.2 Å². The number of aromatic nitrogens is 2. The van der Waals surface area contributed by atoms with Crippen LogP contribution < -0.4 is 0 Å². The molecule has 1 heterocycles. The van der Waals surface area contributed by atoms with Crippen molar-refractivity contribution in [2.24, 2.45) is 5.92 Å². The molecular weight excluding hydrogens is 266 g/mol. The molecule has 1 unspecified atom stereocenters. The van der Waals surface area contributed by atoms with E-state index < -0.39 is 10.0 Å². The fraction of sp³-hybridized carbons (Fsp3) is 0.750. The number of hydrogen-bond acceptors (Lipinski definition) is 4. The Morgan fingerprint density at radius 2 is 2.05 bits per heavy atom. The minimum absolute atomic E-state index is 0.111. The largest absolute Gasteiger partial charge is 0.390 e. The first-order valence-electron chi connectivity index (χ1n) is 6.53. The number of aromatic amines is 1. The Bertz CT molecular complexity index is 510. The first-order chi connectivity index (χ1) is 8.88. The summed E-state index contributed by atoms with van der Waals surface area (Å²) in [6, 6.07) is 0. The van der Waals surface area contributed by atoms with E-state index in [4.69, 9.17) is 0 Å². The van der Waals surface area contributed by atoms with Crippen LogP contribution in [0.2, 0.25) is 0 Å². The van der Waals surface area contributed by atoms with Crippen LogP contribution in [0, 0.1) is 12.8 Å². The Balaban J connectivity index is 3.17. The molecule has 1 aromatic rings. The zero-order valence-corrected chi connectivity index (χ0v) is 12.8. The predicted octanol–water partition coefficient (Wildman–Crippen LogP) is 1.27. The summed E-state index contributed by atoms with van der Waals surface area (Å²) in [7, 11) is -3.61. The second-order valence-electron chi connectivity index (χ2n) is 4.75. The molecule has 0 aliphatic carbocycles. The first kappa shape index (κ1) is 16.1. The topological polar surface area (TPSA) is 86.3 Å². The summed E-state index contributed by atoms with van der Waals surface area (Å²) in [5.74, 6) is 0.291. The van der Waals surface area contributed by atoms with Crippen molar-refractivity contribution < 1.29 is 13.5 Å². The maximum Gasteiger partial charge on any atom is 0.246 e.